The van der Waals surface area contributed by atoms with Crippen LogP contribution in [0, 0.1) is 19.8 Å². The van der Waals surface area contributed by atoms with E-state index in [1.54, 1.807) is 0 Å². The lowest BCUT2D eigenvalue weighted by Crippen LogP contribution is -2.34. The van der Waals surface area contributed by atoms with E-state index in [1.807, 2.05) is 31.2 Å². The maximum absolute atomic E-state index is 9.81. The number of rotatable bonds is 4. The molecular formula is C22H26N2O2. The van der Waals surface area contributed by atoms with E-state index < -0.39 is 0 Å². The molecule has 26 heavy (non-hydrogen) atoms. The van der Waals surface area contributed by atoms with Gasteiger partial charge in [-0.2, -0.15) is 5.48 Å². The summed E-state index contributed by atoms with van der Waals surface area (Å²) in [5, 5.41) is 23.2. The number of allylic oxidation sites excluding steroid dienone is 1. The molecule has 0 saturated heterocycles. The van der Waals surface area contributed by atoms with E-state index in [-0.39, 0.29) is 12.0 Å². The number of nitrogens with zero attached hydrogens (tertiary/aromatic N) is 1. The molecule has 1 aliphatic carbocycles. The van der Waals surface area contributed by atoms with Crippen LogP contribution in [0.25, 0.3) is 6.08 Å². The lowest BCUT2D eigenvalue weighted by molar-refractivity contribution is 0.106. The van der Waals surface area contributed by atoms with Gasteiger partial charge in [0.25, 0.3) is 0 Å². The molecule has 4 nitrogen and oxygen atoms in total. The molecule has 2 atom stereocenters. The number of benzene rings is 2. The average Bonchev–Trinajstić information content (AvgIpc) is 2.66. The number of nitrogens with one attached hydrogen (secondary N) is 1. The smallest absolute Gasteiger partial charge is 0.0878 e. The van der Waals surface area contributed by atoms with E-state index in [0.717, 1.165) is 36.0 Å². The first kappa shape index (κ1) is 18.4. The van der Waals surface area contributed by atoms with Crippen LogP contribution in [-0.2, 0) is 0 Å². The maximum Gasteiger partial charge on any atom is 0.0878 e. The van der Waals surface area contributed by atoms with E-state index >= 15 is 0 Å². The maximum atomic E-state index is 9.81. The third-order valence-corrected chi connectivity index (χ3v) is 5.15. The van der Waals surface area contributed by atoms with Crippen LogP contribution in [0.2, 0.25) is 0 Å². The Hall–Kier alpha value is -2.43. The minimum Gasteiger partial charge on any atom is -0.411 e. The fourth-order valence-corrected chi connectivity index (χ4v) is 3.66. The molecule has 0 bridgehead atoms. The monoisotopic (exact) mass is 350 g/mol. The van der Waals surface area contributed by atoms with Crippen molar-refractivity contribution >= 4 is 11.8 Å². The quantitative estimate of drug-likeness (QED) is 0.535. The SMILES string of the molecule is Cc1ccc(/C=C2\CCC[C@H]([C@H](NO)c3ccc(C)cc3)\C2=N\O)cc1. The lowest BCUT2D eigenvalue weighted by Gasteiger charge is -2.31. The van der Waals surface area contributed by atoms with Crippen molar-refractivity contribution in [1.29, 1.82) is 0 Å². The van der Waals surface area contributed by atoms with E-state index in [2.05, 4.69) is 47.9 Å². The van der Waals surface area contributed by atoms with Crippen molar-refractivity contribution in [2.24, 2.45) is 11.1 Å². The minimum atomic E-state index is -0.303. The summed E-state index contributed by atoms with van der Waals surface area (Å²) in [5.41, 5.74) is 8.60. The summed E-state index contributed by atoms with van der Waals surface area (Å²) < 4.78 is 0. The Balaban J connectivity index is 1.91. The minimum absolute atomic E-state index is 0.0850. The van der Waals surface area contributed by atoms with Gasteiger partial charge in [-0.1, -0.05) is 64.8 Å². The topological polar surface area (TPSA) is 64.8 Å². The second kappa shape index (κ2) is 8.30. The van der Waals surface area contributed by atoms with Crippen LogP contribution in [-0.4, -0.2) is 16.1 Å². The summed E-state index contributed by atoms with van der Waals surface area (Å²) in [7, 11) is 0. The first-order valence-electron chi connectivity index (χ1n) is 9.08. The third-order valence-electron chi connectivity index (χ3n) is 5.15. The first-order chi connectivity index (χ1) is 12.6. The fraction of sp³-hybridized carbons (Fsp3) is 0.318. The molecule has 0 aromatic heterocycles. The lowest BCUT2D eigenvalue weighted by atomic mass is 9.77. The van der Waals surface area contributed by atoms with Crippen LogP contribution in [0.3, 0.4) is 0 Å². The van der Waals surface area contributed by atoms with Gasteiger partial charge in [0.2, 0.25) is 0 Å². The van der Waals surface area contributed by atoms with Gasteiger partial charge in [-0.15, -0.1) is 0 Å². The number of hydrogen-bond donors (Lipinski definition) is 3. The molecule has 2 aromatic rings. The predicted molar refractivity (Wildman–Crippen MR) is 105 cm³/mol. The van der Waals surface area contributed by atoms with Gasteiger partial charge >= 0.3 is 0 Å². The second-order valence-corrected chi connectivity index (χ2v) is 7.08. The largest absolute Gasteiger partial charge is 0.411 e. The zero-order valence-corrected chi connectivity index (χ0v) is 15.3. The van der Waals surface area contributed by atoms with E-state index in [9.17, 15) is 10.4 Å². The van der Waals surface area contributed by atoms with Crippen molar-refractivity contribution in [2.75, 3.05) is 0 Å². The molecule has 136 valence electrons. The van der Waals surface area contributed by atoms with E-state index in [0.29, 0.717) is 5.71 Å². The average molecular weight is 350 g/mol. The van der Waals surface area contributed by atoms with E-state index in [1.165, 1.54) is 11.1 Å². The molecule has 1 fully saturated rings. The van der Waals surface area contributed by atoms with Crippen molar-refractivity contribution in [3.05, 3.63) is 76.4 Å². The van der Waals surface area contributed by atoms with Crippen LogP contribution in [0.15, 0.2) is 59.3 Å². The van der Waals surface area contributed by atoms with Crippen molar-refractivity contribution in [1.82, 2.24) is 5.48 Å². The number of aryl methyl sites for hydroxylation is 2. The van der Waals surface area contributed by atoms with Gasteiger partial charge < -0.3 is 10.4 Å². The Labute approximate surface area is 154 Å². The Bertz CT molecular complexity index is 792. The third kappa shape index (κ3) is 4.03. The van der Waals surface area contributed by atoms with E-state index in [4.69, 9.17) is 0 Å². The van der Waals surface area contributed by atoms with Crippen LogP contribution in [0.5, 0.6) is 0 Å². The van der Waals surface area contributed by atoms with Crippen molar-refractivity contribution < 1.29 is 10.4 Å². The predicted octanol–water partition coefficient (Wildman–Crippen LogP) is 5.04. The fourth-order valence-electron chi connectivity index (χ4n) is 3.66. The molecule has 0 spiro atoms. The molecule has 2 aromatic carbocycles. The van der Waals surface area contributed by atoms with Crippen LogP contribution < -0.4 is 5.48 Å². The number of hydrogen-bond acceptors (Lipinski definition) is 4. The van der Waals surface area contributed by atoms with Crippen LogP contribution in [0.1, 0.15) is 47.6 Å². The summed E-state index contributed by atoms with van der Waals surface area (Å²) in [4.78, 5) is 0. The Kier molecular flexibility index (Phi) is 5.86. The normalized spacial score (nSPS) is 21.9. The van der Waals surface area contributed by atoms with Gasteiger partial charge in [0.15, 0.2) is 0 Å². The standard InChI is InChI=1S/C22H26N2O2/c1-15-6-10-17(11-7-15)14-19-4-3-5-20(22(19)24-26)21(23-25)18-12-8-16(2)9-13-18/h6-14,20-21,23,25-26H,3-5H2,1-2H3/b19-14+,24-22+/t20-,21-/m1/s1. The van der Waals surface area contributed by atoms with Crippen molar-refractivity contribution in [3.63, 3.8) is 0 Å². The molecule has 0 heterocycles. The molecule has 0 radical (unpaired) electrons. The zero-order valence-electron chi connectivity index (χ0n) is 15.3. The van der Waals surface area contributed by atoms with Gasteiger partial charge in [0.05, 0.1) is 11.8 Å². The molecule has 4 heteroatoms. The highest BCUT2D eigenvalue weighted by Gasteiger charge is 2.32. The van der Waals surface area contributed by atoms with Crippen molar-refractivity contribution in [3.8, 4) is 0 Å². The molecule has 1 aliphatic rings. The van der Waals surface area contributed by atoms with Gasteiger partial charge in [-0.05, 0) is 55.9 Å². The van der Waals surface area contributed by atoms with Gasteiger partial charge in [-0.25, -0.2) is 0 Å². The molecule has 3 N–H and O–H groups in total. The van der Waals surface area contributed by atoms with Gasteiger partial charge in [-0.3, -0.25) is 0 Å². The molecule has 1 saturated carbocycles. The highest BCUT2D eigenvalue weighted by atomic mass is 16.5. The molecule has 0 amide bonds. The summed E-state index contributed by atoms with van der Waals surface area (Å²) in [6, 6.07) is 16.1. The zero-order chi connectivity index (χ0) is 18.5. The summed E-state index contributed by atoms with van der Waals surface area (Å²) >= 11 is 0. The molecule has 3 rings (SSSR count). The Morgan fingerprint density at radius 3 is 2.23 bits per heavy atom. The summed E-state index contributed by atoms with van der Waals surface area (Å²) in [5.74, 6) is -0.0850. The van der Waals surface area contributed by atoms with Crippen molar-refractivity contribution in [2.45, 2.75) is 39.2 Å². The van der Waals surface area contributed by atoms with Crippen LogP contribution >= 0.6 is 0 Å². The highest BCUT2D eigenvalue weighted by Crippen LogP contribution is 2.36. The number of hydroxylamine groups is 1. The number of oxime groups is 1. The summed E-state index contributed by atoms with van der Waals surface area (Å²) in [6.45, 7) is 4.10. The molecule has 0 aliphatic heterocycles. The molecule has 0 unspecified atom stereocenters. The Morgan fingerprint density at radius 1 is 1.04 bits per heavy atom. The highest BCUT2D eigenvalue weighted by molar-refractivity contribution is 6.06. The van der Waals surface area contributed by atoms with Gasteiger partial charge in [0.1, 0.15) is 0 Å². The van der Waals surface area contributed by atoms with Crippen LogP contribution in [0.4, 0.5) is 0 Å². The first-order valence-corrected chi connectivity index (χ1v) is 9.08. The Morgan fingerprint density at radius 2 is 1.65 bits per heavy atom. The molecular weight excluding hydrogens is 324 g/mol. The summed E-state index contributed by atoms with van der Waals surface area (Å²) in [6.07, 6.45) is 4.81. The second-order valence-electron chi connectivity index (χ2n) is 7.08. The van der Waals surface area contributed by atoms with Gasteiger partial charge in [0, 0.05) is 5.92 Å².